The molecule has 0 amide bonds. The minimum Gasteiger partial charge on any atom is -0.339 e. The molecule has 0 aliphatic heterocycles. The van der Waals surface area contributed by atoms with Crippen LogP contribution < -0.4 is 5.32 Å². The van der Waals surface area contributed by atoms with E-state index >= 15 is 0 Å². The highest BCUT2D eigenvalue weighted by atomic mass is 35.5. The zero-order valence-electron chi connectivity index (χ0n) is 9.91. The van der Waals surface area contributed by atoms with Crippen LogP contribution in [-0.2, 0) is 12.8 Å². The lowest BCUT2D eigenvalue weighted by molar-refractivity contribution is 0.372. The second-order valence-electron chi connectivity index (χ2n) is 3.85. The fourth-order valence-electron chi connectivity index (χ4n) is 1.55. The summed E-state index contributed by atoms with van der Waals surface area (Å²) in [5.74, 6) is 0.574. The number of likely N-dealkylation sites (N-methyl/N-ethyl adjacent to an activating group) is 1. The molecule has 0 aliphatic rings. The maximum Gasteiger partial charge on any atom is 0.227 e. The largest absolute Gasteiger partial charge is 0.339 e. The molecule has 2 aromatic rings. The van der Waals surface area contributed by atoms with Crippen LogP contribution in [0.15, 0.2) is 22.7 Å². The van der Waals surface area contributed by atoms with Gasteiger partial charge in [0.15, 0.2) is 5.82 Å². The van der Waals surface area contributed by atoms with Crippen molar-refractivity contribution in [1.29, 1.82) is 0 Å². The van der Waals surface area contributed by atoms with E-state index in [2.05, 4.69) is 15.5 Å². The lowest BCUT2D eigenvalue weighted by atomic mass is 10.1. The highest BCUT2D eigenvalue weighted by molar-refractivity contribution is 6.30. The van der Waals surface area contributed by atoms with Gasteiger partial charge >= 0.3 is 0 Å². The third-order valence-corrected chi connectivity index (χ3v) is 2.77. The van der Waals surface area contributed by atoms with E-state index in [0.29, 0.717) is 23.7 Å². The molecule has 1 aromatic carbocycles. The minimum absolute atomic E-state index is 0.103. The molecule has 18 heavy (non-hydrogen) atoms. The molecule has 0 saturated heterocycles. The van der Waals surface area contributed by atoms with Gasteiger partial charge in [0.1, 0.15) is 5.82 Å². The topological polar surface area (TPSA) is 51.0 Å². The molecule has 6 heteroatoms. The standard InChI is InChI=1S/C12H13ClFN3O/c1-15-6-5-11-16-10(17-18-11)7-8-3-2-4-9(13)12(8)14/h2-4,15H,5-7H2,1H3. The van der Waals surface area contributed by atoms with Gasteiger partial charge < -0.3 is 9.84 Å². The number of benzene rings is 1. The summed E-state index contributed by atoms with van der Waals surface area (Å²) in [7, 11) is 1.85. The molecule has 1 aromatic heterocycles. The van der Waals surface area contributed by atoms with Crippen LogP contribution >= 0.6 is 11.6 Å². The van der Waals surface area contributed by atoms with Crippen LogP contribution in [0.5, 0.6) is 0 Å². The van der Waals surface area contributed by atoms with Gasteiger partial charge in [0, 0.05) is 19.4 Å². The Morgan fingerprint density at radius 1 is 1.44 bits per heavy atom. The molecular formula is C12H13ClFN3O. The first-order valence-corrected chi connectivity index (χ1v) is 5.97. The summed E-state index contributed by atoms with van der Waals surface area (Å²) in [6, 6.07) is 4.86. The summed E-state index contributed by atoms with van der Waals surface area (Å²) in [4.78, 5) is 4.19. The van der Waals surface area contributed by atoms with Gasteiger partial charge in [-0.1, -0.05) is 28.9 Å². The van der Waals surface area contributed by atoms with Crippen molar-refractivity contribution < 1.29 is 8.91 Å². The van der Waals surface area contributed by atoms with Crippen molar-refractivity contribution in [3.63, 3.8) is 0 Å². The molecule has 0 unspecified atom stereocenters. The number of hydrogen-bond acceptors (Lipinski definition) is 4. The fraction of sp³-hybridized carbons (Fsp3) is 0.333. The third-order valence-electron chi connectivity index (χ3n) is 2.48. The highest BCUT2D eigenvalue weighted by Gasteiger charge is 2.11. The van der Waals surface area contributed by atoms with Crippen molar-refractivity contribution >= 4 is 11.6 Å². The van der Waals surface area contributed by atoms with Gasteiger partial charge in [-0.3, -0.25) is 0 Å². The van der Waals surface area contributed by atoms with Gasteiger partial charge in [-0.2, -0.15) is 4.98 Å². The average molecular weight is 270 g/mol. The average Bonchev–Trinajstić information content (AvgIpc) is 2.80. The van der Waals surface area contributed by atoms with Gasteiger partial charge in [-0.25, -0.2) is 4.39 Å². The number of halogens is 2. The Labute approximate surface area is 109 Å². The predicted molar refractivity (Wildman–Crippen MR) is 66.1 cm³/mol. The van der Waals surface area contributed by atoms with Crippen LogP contribution in [0.2, 0.25) is 5.02 Å². The molecule has 0 aliphatic carbocycles. The summed E-state index contributed by atoms with van der Waals surface area (Å²) < 4.78 is 18.7. The zero-order valence-corrected chi connectivity index (χ0v) is 10.7. The first-order valence-electron chi connectivity index (χ1n) is 5.59. The van der Waals surface area contributed by atoms with Crippen LogP contribution in [0.1, 0.15) is 17.3 Å². The van der Waals surface area contributed by atoms with Gasteiger partial charge in [0.05, 0.1) is 5.02 Å². The Bertz CT molecular complexity index is 530. The van der Waals surface area contributed by atoms with Crippen LogP contribution in [0.25, 0.3) is 0 Å². The van der Waals surface area contributed by atoms with Crippen molar-refractivity contribution in [3.05, 3.63) is 46.3 Å². The van der Waals surface area contributed by atoms with E-state index in [-0.39, 0.29) is 11.4 Å². The van der Waals surface area contributed by atoms with Crippen molar-refractivity contribution in [3.8, 4) is 0 Å². The summed E-state index contributed by atoms with van der Waals surface area (Å²) in [6.07, 6.45) is 0.928. The molecular weight excluding hydrogens is 257 g/mol. The van der Waals surface area contributed by atoms with Crippen molar-refractivity contribution in [2.24, 2.45) is 0 Å². The quantitative estimate of drug-likeness (QED) is 0.904. The molecule has 0 spiro atoms. The number of rotatable bonds is 5. The van der Waals surface area contributed by atoms with E-state index in [9.17, 15) is 4.39 Å². The van der Waals surface area contributed by atoms with Crippen LogP contribution in [0, 0.1) is 5.82 Å². The number of nitrogens with zero attached hydrogens (tertiary/aromatic N) is 2. The van der Waals surface area contributed by atoms with Gasteiger partial charge in [0.2, 0.25) is 5.89 Å². The Morgan fingerprint density at radius 3 is 3.06 bits per heavy atom. The summed E-state index contributed by atoms with van der Waals surface area (Å²) in [6.45, 7) is 0.757. The molecule has 0 atom stereocenters. The second-order valence-corrected chi connectivity index (χ2v) is 4.25. The van der Waals surface area contributed by atoms with E-state index in [1.807, 2.05) is 7.05 Å². The Morgan fingerprint density at radius 2 is 2.28 bits per heavy atom. The lowest BCUT2D eigenvalue weighted by Crippen LogP contribution is -2.10. The Kier molecular flexibility index (Phi) is 4.28. The smallest absolute Gasteiger partial charge is 0.227 e. The maximum atomic E-state index is 13.7. The molecule has 96 valence electrons. The Balaban J connectivity index is 2.09. The molecule has 1 N–H and O–H groups in total. The molecule has 0 fully saturated rings. The van der Waals surface area contributed by atoms with E-state index in [4.69, 9.17) is 16.1 Å². The van der Waals surface area contributed by atoms with Gasteiger partial charge in [-0.05, 0) is 18.7 Å². The minimum atomic E-state index is -0.430. The summed E-state index contributed by atoms with van der Waals surface area (Å²) in [5, 5.41) is 6.90. The van der Waals surface area contributed by atoms with E-state index in [0.717, 1.165) is 6.54 Å². The molecule has 0 bridgehead atoms. The Hall–Kier alpha value is -1.46. The van der Waals surface area contributed by atoms with Gasteiger partial charge in [0.25, 0.3) is 0 Å². The van der Waals surface area contributed by atoms with E-state index < -0.39 is 5.82 Å². The fourth-order valence-corrected chi connectivity index (χ4v) is 1.74. The first kappa shape index (κ1) is 13.0. The molecule has 0 saturated carbocycles. The molecule has 4 nitrogen and oxygen atoms in total. The lowest BCUT2D eigenvalue weighted by Gasteiger charge is -2.00. The third kappa shape index (κ3) is 3.05. The monoisotopic (exact) mass is 269 g/mol. The van der Waals surface area contributed by atoms with Crippen molar-refractivity contribution in [1.82, 2.24) is 15.5 Å². The number of aromatic nitrogens is 2. The molecule has 1 heterocycles. The molecule has 0 radical (unpaired) electrons. The maximum absolute atomic E-state index is 13.7. The SMILES string of the molecule is CNCCc1nc(Cc2cccc(Cl)c2F)no1. The highest BCUT2D eigenvalue weighted by Crippen LogP contribution is 2.19. The zero-order chi connectivity index (χ0) is 13.0. The summed E-state index contributed by atoms with van der Waals surface area (Å²) >= 11 is 5.71. The van der Waals surface area contributed by atoms with Crippen LogP contribution in [0.4, 0.5) is 4.39 Å². The second kappa shape index (κ2) is 5.93. The van der Waals surface area contributed by atoms with Gasteiger partial charge in [-0.15, -0.1) is 0 Å². The van der Waals surface area contributed by atoms with Crippen molar-refractivity contribution in [2.45, 2.75) is 12.8 Å². The molecule has 2 rings (SSSR count). The normalized spacial score (nSPS) is 10.8. The van der Waals surface area contributed by atoms with Crippen molar-refractivity contribution in [2.75, 3.05) is 13.6 Å². The summed E-state index contributed by atoms with van der Waals surface area (Å²) in [5.41, 5.74) is 0.462. The van der Waals surface area contributed by atoms with E-state index in [1.54, 1.807) is 12.1 Å². The first-order chi connectivity index (χ1) is 8.70. The number of hydrogen-bond donors (Lipinski definition) is 1. The van der Waals surface area contributed by atoms with Crippen LogP contribution in [-0.4, -0.2) is 23.7 Å². The van der Waals surface area contributed by atoms with Crippen LogP contribution in [0.3, 0.4) is 0 Å². The van der Waals surface area contributed by atoms with E-state index in [1.165, 1.54) is 6.07 Å². The number of nitrogens with one attached hydrogen (secondary N) is 1. The predicted octanol–water partition coefficient (Wildman–Crippen LogP) is 2.21.